The largest absolute Gasteiger partial charge is 0.505 e. The summed E-state index contributed by atoms with van der Waals surface area (Å²) in [6, 6.07) is -2.87. The molecule has 0 aromatic rings. The number of nitrogens with two attached hydrogens (primary N) is 1. The summed E-state index contributed by atoms with van der Waals surface area (Å²) in [7, 11) is 3.24. The van der Waals surface area contributed by atoms with Gasteiger partial charge in [-0.3, -0.25) is 14.4 Å². The van der Waals surface area contributed by atoms with Crippen molar-refractivity contribution in [1.82, 2.24) is 20.9 Å². The Morgan fingerprint density at radius 1 is 1.02 bits per heavy atom. The third-order valence-electron chi connectivity index (χ3n) is 9.46. The molecule has 0 spiro atoms. The maximum absolute atomic E-state index is 12.1. The number of nitrogens with zero attached hydrogens (tertiary/aromatic N) is 1. The fourth-order valence-corrected chi connectivity index (χ4v) is 6.65. The Balaban J connectivity index is 0.000000533. The van der Waals surface area contributed by atoms with E-state index in [1.54, 1.807) is 14.1 Å². The minimum atomic E-state index is -1.42. The Morgan fingerprint density at radius 2 is 1.62 bits per heavy atom. The predicted molar refractivity (Wildman–Crippen MR) is 179 cm³/mol. The van der Waals surface area contributed by atoms with Gasteiger partial charge in [-0.25, -0.2) is 4.79 Å². The molecule has 0 radical (unpaired) electrons. The molecule has 304 valence electrons. The first-order valence-corrected chi connectivity index (χ1v) is 17.2. The number of hydrogen-bond acceptors (Lipinski definition) is 18. The predicted octanol–water partition coefficient (Wildman–Crippen LogP) is -4.51. The number of aliphatic hydroxyl groups excluding tert-OH is 6. The van der Waals surface area contributed by atoms with Crippen LogP contribution in [-0.2, 0) is 42.9 Å². The molecule has 0 bridgehead atoms. The van der Waals surface area contributed by atoms with Crippen molar-refractivity contribution < 1.29 is 78.6 Å². The van der Waals surface area contributed by atoms with Crippen LogP contribution in [0.5, 0.6) is 0 Å². The average molecular weight is 766 g/mol. The van der Waals surface area contributed by atoms with Gasteiger partial charge in [-0.15, -0.1) is 0 Å². The number of ether oxygens (including phenoxy) is 5. The Hall–Kier alpha value is -3.22. The topological polar surface area (TPSA) is 321 Å². The van der Waals surface area contributed by atoms with E-state index in [1.165, 1.54) is 32.6 Å². The zero-order chi connectivity index (χ0) is 39.9. The number of hydrogen-bond donors (Lipinski definition) is 11. The summed E-state index contributed by atoms with van der Waals surface area (Å²) in [5, 5.41) is 76.5. The molecule has 3 fully saturated rings. The van der Waals surface area contributed by atoms with Gasteiger partial charge in [0, 0.05) is 40.4 Å². The molecule has 53 heavy (non-hydrogen) atoms. The van der Waals surface area contributed by atoms with Crippen LogP contribution in [0.1, 0.15) is 47.0 Å². The van der Waals surface area contributed by atoms with Gasteiger partial charge in [0.15, 0.2) is 24.4 Å². The van der Waals surface area contributed by atoms with E-state index in [4.69, 9.17) is 45.1 Å². The van der Waals surface area contributed by atoms with Gasteiger partial charge in [-0.1, -0.05) is 0 Å². The Bertz CT molecular complexity index is 1320. The van der Waals surface area contributed by atoms with E-state index in [-0.39, 0.29) is 30.7 Å². The van der Waals surface area contributed by atoms with Gasteiger partial charge in [-0.05, 0) is 33.2 Å². The molecule has 12 N–H and O–H groups in total. The lowest BCUT2D eigenvalue weighted by Crippen LogP contribution is -2.69. The molecule has 21 heteroatoms. The fourth-order valence-electron chi connectivity index (χ4n) is 6.65. The van der Waals surface area contributed by atoms with E-state index in [9.17, 15) is 34.5 Å². The Labute approximate surface area is 306 Å². The number of likely N-dealkylation sites (N-methyl/N-ethyl adjacent to an activating group) is 2. The van der Waals surface area contributed by atoms with E-state index >= 15 is 0 Å². The normalized spacial score (nSPS) is 37.8. The summed E-state index contributed by atoms with van der Waals surface area (Å²) in [5.74, 6) is -3.57. The summed E-state index contributed by atoms with van der Waals surface area (Å²) in [6.07, 6.45) is -9.11. The van der Waals surface area contributed by atoms with Crippen molar-refractivity contribution in [2.24, 2.45) is 5.73 Å². The van der Waals surface area contributed by atoms with E-state index in [0.717, 1.165) is 0 Å². The number of esters is 1. The first kappa shape index (κ1) is 44.2. The van der Waals surface area contributed by atoms with Crippen LogP contribution in [0.3, 0.4) is 0 Å². The molecule has 0 aromatic carbocycles. The minimum Gasteiger partial charge on any atom is -0.505 e. The van der Waals surface area contributed by atoms with Crippen LogP contribution in [0.2, 0.25) is 0 Å². The van der Waals surface area contributed by atoms with E-state index < -0.39 is 109 Å². The van der Waals surface area contributed by atoms with Gasteiger partial charge in [0.1, 0.15) is 36.1 Å². The molecule has 14 atom stereocenters. The van der Waals surface area contributed by atoms with Gasteiger partial charge in [0.05, 0.1) is 37.4 Å². The van der Waals surface area contributed by atoms with Crippen molar-refractivity contribution in [2.45, 2.75) is 132 Å². The molecule has 4 rings (SSSR count). The van der Waals surface area contributed by atoms with Crippen molar-refractivity contribution in [1.29, 1.82) is 0 Å². The molecule has 0 unspecified atom stereocenters. The van der Waals surface area contributed by atoms with Crippen LogP contribution in [0, 0.1) is 0 Å². The molecule has 0 aromatic heterocycles. The van der Waals surface area contributed by atoms with E-state index in [2.05, 4.69) is 20.7 Å². The summed E-state index contributed by atoms with van der Waals surface area (Å²) in [6.45, 7) is 5.16. The molecule has 21 nitrogen and oxygen atoms in total. The first-order chi connectivity index (χ1) is 24.7. The maximum atomic E-state index is 12.1. The molecular weight excluding hydrogens is 710 g/mol. The molecule has 3 aliphatic heterocycles. The summed E-state index contributed by atoms with van der Waals surface area (Å²) < 4.78 is 28.4. The van der Waals surface area contributed by atoms with E-state index in [0.29, 0.717) is 19.4 Å². The van der Waals surface area contributed by atoms with Crippen molar-refractivity contribution in [3.05, 3.63) is 11.5 Å². The minimum absolute atomic E-state index is 0.133. The second-order valence-electron chi connectivity index (χ2n) is 13.9. The van der Waals surface area contributed by atoms with Crippen molar-refractivity contribution in [3.63, 3.8) is 0 Å². The Kier molecular flexibility index (Phi) is 15.7. The molecule has 3 amide bonds. The second kappa shape index (κ2) is 18.9. The van der Waals surface area contributed by atoms with Crippen LogP contribution < -0.4 is 21.7 Å². The summed E-state index contributed by atoms with van der Waals surface area (Å²) in [5.41, 5.74) is 5.03. The third-order valence-corrected chi connectivity index (χ3v) is 9.46. The second-order valence-corrected chi connectivity index (χ2v) is 13.9. The maximum Gasteiger partial charge on any atom is 0.377 e. The number of carbonyl (C=O) groups excluding carboxylic acids is 4. The highest BCUT2D eigenvalue weighted by atomic mass is 16.7. The lowest BCUT2D eigenvalue weighted by atomic mass is 9.83. The number of aliphatic hydroxyl groups is 7. The molecular formula is C32H55N5O16. The standard InChI is InChI=1S/C26H47N5O10.C6H8O6/c1-12(32)29-17-8-7-15(10-31(6)14(3)34)39-24(17)41-22-18(30-13(2)33)9-16(27)21(19(22)35)40-25-20(36)23(28-5)26(4,37)11-38-25;7-1-2(8)5-3(9)4(10)6(11)12-5/h15-25,28,35-37H,7-11,27H2,1-6H3,(H,29,32)(H,30,33);2,5,7-10H,1H2/t15-,16+,17+,18-,19+,20+,21-,22+,23+,24+,25+,26-;2-,5+/m00/s1. The molecule has 1 saturated carbocycles. The van der Waals surface area contributed by atoms with Crippen LogP contribution in [0.25, 0.3) is 0 Å². The zero-order valence-corrected chi connectivity index (χ0v) is 30.6. The molecule has 3 heterocycles. The van der Waals surface area contributed by atoms with Crippen molar-refractivity contribution >= 4 is 23.7 Å². The van der Waals surface area contributed by atoms with Gasteiger partial charge >= 0.3 is 5.97 Å². The number of rotatable bonds is 11. The molecule has 1 aliphatic carbocycles. The fraction of sp³-hybridized carbons (Fsp3) is 0.812. The zero-order valence-electron chi connectivity index (χ0n) is 30.6. The van der Waals surface area contributed by atoms with Crippen molar-refractivity contribution in [2.75, 3.05) is 33.9 Å². The highest BCUT2D eigenvalue weighted by Gasteiger charge is 2.52. The van der Waals surface area contributed by atoms with Gasteiger partial charge in [0.25, 0.3) is 0 Å². The average Bonchev–Trinajstić information content (AvgIpc) is 3.33. The van der Waals surface area contributed by atoms with Gasteiger partial charge < -0.3 is 86.0 Å². The molecule has 2 saturated heterocycles. The number of cyclic esters (lactones) is 1. The lowest BCUT2D eigenvalue weighted by molar-refractivity contribution is -0.308. The SMILES string of the molecule is CN[C@@H]1[C@@H](O)[C@@H](O[C@@H]2[C@@H](O)[C@H](O[C@H]3O[C@H](CN(C)C(C)=O)CC[C@H]3NC(C)=O)[C@@H](NC(C)=O)C[C@H]2N)OC[C@]1(C)O.O=C1O[C@H]([C@@H](O)CO)C(O)=C1O. The number of amides is 3. The highest BCUT2D eigenvalue weighted by Crippen LogP contribution is 2.32. The number of nitrogens with one attached hydrogen (secondary N) is 3. The first-order valence-electron chi connectivity index (χ1n) is 17.2. The number of carbonyl (C=O) groups is 4. The summed E-state index contributed by atoms with van der Waals surface area (Å²) >= 11 is 0. The summed E-state index contributed by atoms with van der Waals surface area (Å²) in [4.78, 5) is 47.8. The highest BCUT2D eigenvalue weighted by molar-refractivity contribution is 5.89. The van der Waals surface area contributed by atoms with Crippen molar-refractivity contribution in [3.8, 4) is 0 Å². The van der Waals surface area contributed by atoms with E-state index in [1.807, 2.05) is 0 Å². The monoisotopic (exact) mass is 765 g/mol. The van der Waals surface area contributed by atoms with Crippen LogP contribution >= 0.6 is 0 Å². The van der Waals surface area contributed by atoms with Crippen LogP contribution in [0.15, 0.2) is 11.5 Å². The van der Waals surface area contributed by atoms with Gasteiger partial charge in [-0.2, -0.15) is 0 Å². The van der Waals surface area contributed by atoms with Crippen LogP contribution in [0.4, 0.5) is 0 Å². The molecule has 4 aliphatic rings. The van der Waals surface area contributed by atoms with Gasteiger partial charge in [0.2, 0.25) is 23.5 Å². The smallest absolute Gasteiger partial charge is 0.377 e. The quantitative estimate of drug-likeness (QED) is 0.0883. The lowest BCUT2D eigenvalue weighted by Gasteiger charge is -2.49. The van der Waals surface area contributed by atoms with Crippen LogP contribution in [-0.4, -0.2) is 183 Å². The third kappa shape index (κ3) is 11.2. The Morgan fingerprint density at radius 3 is 2.15 bits per heavy atom.